The number of halogens is 3. The van der Waals surface area contributed by atoms with Gasteiger partial charge >= 0.3 is 0 Å². The largest absolute Gasteiger partial charge is 0.379 e. The van der Waals surface area contributed by atoms with Gasteiger partial charge in [-0.25, -0.2) is 8.78 Å². The summed E-state index contributed by atoms with van der Waals surface area (Å²) in [7, 11) is 0. The molecule has 0 radical (unpaired) electrons. The van der Waals surface area contributed by atoms with Crippen molar-refractivity contribution >= 4 is 11.6 Å². The summed E-state index contributed by atoms with van der Waals surface area (Å²) in [5, 5.41) is 10.5. The van der Waals surface area contributed by atoms with Crippen molar-refractivity contribution < 1.29 is 13.9 Å². The molecule has 0 saturated heterocycles. The SMILES string of the molecule is OC(c1ccc(Cl)cc1)(C(F)F)C1CC1. The summed E-state index contributed by atoms with van der Waals surface area (Å²) >= 11 is 5.67. The molecule has 1 aromatic rings. The van der Waals surface area contributed by atoms with Gasteiger partial charge in [0.2, 0.25) is 0 Å². The second-order valence-electron chi connectivity index (χ2n) is 3.91. The molecule has 1 nitrogen and oxygen atoms in total. The maximum absolute atomic E-state index is 12.9. The minimum Gasteiger partial charge on any atom is -0.379 e. The van der Waals surface area contributed by atoms with E-state index in [0.717, 1.165) is 0 Å². The Labute approximate surface area is 91.7 Å². The molecule has 0 spiro atoms. The van der Waals surface area contributed by atoms with Crippen LogP contribution in [0.1, 0.15) is 18.4 Å². The summed E-state index contributed by atoms with van der Waals surface area (Å²) in [6.07, 6.45) is -1.45. The van der Waals surface area contributed by atoms with Gasteiger partial charge in [-0.05, 0) is 36.5 Å². The van der Waals surface area contributed by atoms with Crippen molar-refractivity contribution in [3.05, 3.63) is 34.9 Å². The summed E-state index contributed by atoms with van der Waals surface area (Å²) < 4.78 is 25.8. The number of aliphatic hydroxyl groups is 1. The molecule has 1 atom stereocenters. The molecule has 1 aromatic carbocycles. The van der Waals surface area contributed by atoms with E-state index >= 15 is 0 Å². The van der Waals surface area contributed by atoms with Gasteiger partial charge in [0.05, 0.1) is 0 Å². The molecule has 0 heterocycles. The standard InChI is InChI=1S/C11H11ClF2O/c12-9-5-3-8(4-6-9)11(15,10(13)14)7-1-2-7/h3-7,10,15H,1-2H2. The molecular weight excluding hydrogens is 222 g/mol. The summed E-state index contributed by atoms with van der Waals surface area (Å²) in [6.45, 7) is 0. The van der Waals surface area contributed by atoms with Gasteiger partial charge < -0.3 is 5.11 Å². The fourth-order valence-electron chi connectivity index (χ4n) is 1.78. The molecule has 15 heavy (non-hydrogen) atoms. The third-order valence-corrected chi connectivity index (χ3v) is 3.09. The summed E-state index contributed by atoms with van der Waals surface area (Å²) in [5.74, 6) is -0.321. The number of alkyl halides is 2. The molecule has 1 N–H and O–H groups in total. The van der Waals surface area contributed by atoms with Crippen LogP contribution in [0, 0.1) is 5.92 Å². The Kier molecular flexibility index (Phi) is 2.69. The molecule has 1 fully saturated rings. The van der Waals surface area contributed by atoms with Gasteiger partial charge in [-0.3, -0.25) is 0 Å². The molecule has 0 aliphatic heterocycles. The monoisotopic (exact) mass is 232 g/mol. The van der Waals surface area contributed by atoms with Crippen molar-refractivity contribution in [2.45, 2.75) is 24.9 Å². The minimum absolute atomic E-state index is 0.254. The Morgan fingerprint density at radius 1 is 1.27 bits per heavy atom. The lowest BCUT2D eigenvalue weighted by Crippen LogP contribution is -2.36. The molecule has 0 bridgehead atoms. The smallest absolute Gasteiger partial charge is 0.271 e. The van der Waals surface area contributed by atoms with Gasteiger partial charge in [0, 0.05) is 5.02 Å². The molecule has 2 rings (SSSR count). The second-order valence-corrected chi connectivity index (χ2v) is 4.34. The first kappa shape index (κ1) is 10.8. The normalized spacial score (nSPS) is 20.3. The fraction of sp³-hybridized carbons (Fsp3) is 0.455. The van der Waals surface area contributed by atoms with Crippen LogP contribution in [0.3, 0.4) is 0 Å². The summed E-state index contributed by atoms with van der Waals surface area (Å²) in [5.41, 5.74) is -1.74. The Balaban J connectivity index is 2.36. The number of rotatable bonds is 3. The van der Waals surface area contributed by atoms with Crippen LogP contribution in [-0.2, 0) is 5.60 Å². The predicted octanol–water partition coefficient (Wildman–Crippen LogP) is 3.20. The van der Waals surface area contributed by atoms with Crippen LogP contribution in [0.15, 0.2) is 24.3 Å². The molecule has 1 aliphatic carbocycles. The van der Waals surface area contributed by atoms with E-state index < -0.39 is 12.0 Å². The Morgan fingerprint density at radius 2 is 1.80 bits per heavy atom. The molecule has 1 unspecified atom stereocenters. The molecule has 0 aromatic heterocycles. The summed E-state index contributed by atoms with van der Waals surface area (Å²) in [4.78, 5) is 0. The number of hydrogen-bond donors (Lipinski definition) is 1. The number of benzene rings is 1. The molecular formula is C11H11ClF2O. The van der Waals surface area contributed by atoms with Crippen molar-refractivity contribution in [2.24, 2.45) is 5.92 Å². The van der Waals surface area contributed by atoms with Crippen molar-refractivity contribution in [1.29, 1.82) is 0 Å². The van der Waals surface area contributed by atoms with Crippen molar-refractivity contribution in [3.8, 4) is 0 Å². The van der Waals surface area contributed by atoms with Crippen molar-refractivity contribution in [1.82, 2.24) is 0 Å². The highest BCUT2D eigenvalue weighted by Crippen LogP contribution is 2.49. The van der Waals surface area contributed by atoms with E-state index in [-0.39, 0.29) is 11.5 Å². The van der Waals surface area contributed by atoms with Crippen LogP contribution in [0.25, 0.3) is 0 Å². The average molecular weight is 233 g/mol. The van der Waals surface area contributed by atoms with Gasteiger partial charge in [0.15, 0.2) is 5.60 Å². The maximum Gasteiger partial charge on any atom is 0.271 e. The van der Waals surface area contributed by atoms with E-state index in [0.29, 0.717) is 17.9 Å². The predicted molar refractivity (Wildman–Crippen MR) is 54.1 cm³/mol. The van der Waals surface area contributed by atoms with Crippen LogP contribution in [0.5, 0.6) is 0 Å². The maximum atomic E-state index is 12.9. The van der Waals surface area contributed by atoms with Crippen LogP contribution >= 0.6 is 11.6 Å². The molecule has 4 heteroatoms. The molecule has 0 amide bonds. The lowest BCUT2D eigenvalue weighted by molar-refractivity contribution is -0.117. The topological polar surface area (TPSA) is 20.2 Å². The van der Waals surface area contributed by atoms with Gasteiger partial charge in [-0.1, -0.05) is 23.7 Å². The van der Waals surface area contributed by atoms with Gasteiger partial charge in [-0.15, -0.1) is 0 Å². The first-order chi connectivity index (χ1) is 7.05. The summed E-state index contributed by atoms with van der Waals surface area (Å²) in [6, 6.07) is 5.97. The van der Waals surface area contributed by atoms with Gasteiger partial charge in [0.25, 0.3) is 6.43 Å². The van der Waals surface area contributed by atoms with Crippen LogP contribution in [0.4, 0.5) is 8.78 Å². The average Bonchev–Trinajstić information content (AvgIpc) is 3.00. The van der Waals surface area contributed by atoms with Crippen LogP contribution in [0.2, 0.25) is 5.02 Å². The molecule has 82 valence electrons. The van der Waals surface area contributed by atoms with E-state index in [1.165, 1.54) is 24.3 Å². The van der Waals surface area contributed by atoms with Gasteiger partial charge in [-0.2, -0.15) is 0 Å². The fourth-order valence-corrected chi connectivity index (χ4v) is 1.91. The highest BCUT2D eigenvalue weighted by molar-refractivity contribution is 6.30. The van der Waals surface area contributed by atoms with Crippen LogP contribution < -0.4 is 0 Å². The highest BCUT2D eigenvalue weighted by Gasteiger charge is 2.51. The Morgan fingerprint density at radius 3 is 2.20 bits per heavy atom. The Hall–Kier alpha value is -0.670. The van der Waals surface area contributed by atoms with E-state index in [4.69, 9.17) is 11.6 Å². The van der Waals surface area contributed by atoms with Crippen molar-refractivity contribution in [3.63, 3.8) is 0 Å². The zero-order valence-corrected chi connectivity index (χ0v) is 8.72. The third-order valence-electron chi connectivity index (χ3n) is 2.84. The third kappa shape index (κ3) is 1.86. The number of hydrogen-bond acceptors (Lipinski definition) is 1. The minimum atomic E-state index is -2.76. The zero-order valence-electron chi connectivity index (χ0n) is 7.96. The quantitative estimate of drug-likeness (QED) is 0.849. The first-order valence-corrected chi connectivity index (χ1v) is 5.19. The second kappa shape index (κ2) is 3.72. The highest BCUT2D eigenvalue weighted by atomic mass is 35.5. The lowest BCUT2D eigenvalue weighted by Gasteiger charge is -2.27. The van der Waals surface area contributed by atoms with E-state index in [2.05, 4.69) is 0 Å². The van der Waals surface area contributed by atoms with E-state index in [1.54, 1.807) is 0 Å². The van der Waals surface area contributed by atoms with Crippen molar-refractivity contribution in [2.75, 3.05) is 0 Å². The van der Waals surface area contributed by atoms with Crippen LogP contribution in [-0.4, -0.2) is 11.5 Å². The zero-order chi connectivity index (χ0) is 11.1. The molecule has 1 aliphatic rings. The lowest BCUT2D eigenvalue weighted by atomic mass is 9.89. The first-order valence-electron chi connectivity index (χ1n) is 4.81. The van der Waals surface area contributed by atoms with Gasteiger partial charge in [0.1, 0.15) is 0 Å². The molecule has 1 saturated carbocycles. The van der Waals surface area contributed by atoms with E-state index in [9.17, 15) is 13.9 Å². The Bertz CT molecular complexity index is 344. The van der Waals surface area contributed by atoms with E-state index in [1.807, 2.05) is 0 Å².